The molecule has 8 amide bonds. The number of amides is 8. The van der Waals surface area contributed by atoms with Gasteiger partial charge in [0.1, 0.15) is 54.1 Å². The molecule has 2 heterocycles. The van der Waals surface area contributed by atoms with Gasteiger partial charge in [-0.2, -0.15) is 0 Å². The number of aromatic hydroxyl groups is 1. The second-order valence-corrected chi connectivity index (χ2v) is 27.3. The van der Waals surface area contributed by atoms with Gasteiger partial charge >= 0.3 is 29.8 Å². The molecule has 9 atom stereocenters. The number of carboxylic acid groups (broad SMARTS) is 5. The highest BCUT2D eigenvalue weighted by atomic mass is 16.4. The predicted molar refractivity (Wildman–Crippen MR) is 393 cm³/mol. The summed E-state index contributed by atoms with van der Waals surface area (Å²) in [6.07, 6.45) is 1.16. The van der Waals surface area contributed by atoms with E-state index in [4.69, 9.17) is 28.7 Å². The first-order valence-corrected chi connectivity index (χ1v) is 35.7. The molecule has 3 aromatic rings. The van der Waals surface area contributed by atoms with Crippen LogP contribution in [0.5, 0.6) is 5.75 Å². The minimum Gasteiger partial charge on any atom is -0.508 e. The van der Waals surface area contributed by atoms with Crippen molar-refractivity contribution in [3.05, 3.63) is 89.5 Å². The number of rotatable bonds is 46. The molecule has 2 fully saturated rings. The third-order valence-corrected chi connectivity index (χ3v) is 18.2. The maximum Gasteiger partial charge on any atom is 0.326 e. The fourth-order valence-electron chi connectivity index (χ4n) is 12.6. The lowest BCUT2D eigenvalue weighted by atomic mass is 9.96. The number of nitrogens with one attached hydrogen (secondary N) is 6. The smallest absolute Gasteiger partial charge is 0.326 e. The van der Waals surface area contributed by atoms with Crippen molar-refractivity contribution >= 4 is 100 Å². The van der Waals surface area contributed by atoms with Crippen LogP contribution in [0, 0.1) is 11.8 Å². The van der Waals surface area contributed by atoms with Crippen molar-refractivity contribution in [3.8, 4) is 5.75 Å². The summed E-state index contributed by atoms with van der Waals surface area (Å²) >= 11 is 0. The van der Waals surface area contributed by atoms with Gasteiger partial charge < -0.3 is 101 Å². The van der Waals surface area contributed by atoms with Crippen molar-refractivity contribution in [3.63, 3.8) is 0 Å². The number of phenolic OH excluding ortho intramolecular Hbond substituents is 1. The summed E-state index contributed by atoms with van der Waals surface area (Å²) in [6.45, 7) is 3.11. The number of carboxylic acids is 5. The molecule has 22 N–H and O–H groups in total. The zero-order valence-electron chi connectivity index (χ0n) is 61.2. The fourth-order valence-corrected chi connectivity index (χ4v) is 12.6. The molecule has 37 heteroatoms. The average Bonchev–Trinajstić information content (AvgIpc) is 1.58. The zero-order chi connectivity index (χ0) is 79.9. The predicted octanol–water partition coefficient (Wildman–Crippen LogP) is -2.33. The summed E-state index contributed by atoms with van der Waals surface area (Å²) in [6, 6.07) is 7.51. The molecule has 0 aromatic heterocycles. The molecule has 37 nitrogen and oxygen atoms in total. The van der Waals surface area contributed by atoms with Crippen LogP contribution in [0.1, 0.15) is 102 Å². The Bertz CT molecular complexity index is 3640. The number of aliphatic imine (C=N–C) groups is 2. The number of likely N-dealkylation sites (tertiary alicyclic amines) is 2. The molecule has 2 saturated heterocycles. The highest BCUT2D eigenvalue weighted by Crippen LogP contribution is 2.25. The summed E-state index contributed by atoms with van der Waals surface area (Å²) in [4.78, 5) is 192. The van der Waals surface area contributed by atoms with Crippen LogP contribution in [0.25, 0.3) is 0 Å². The number of phenols is 1. The van der Waals surface area contributed by atoms with Crippen LogP contribution < -0.4 is 60.6 Å². The summed E-state index contributed by atoms with van der Waals surface area (Å²) < 4.78 is 0. The monoisotopic (exact) mass is 1510 g/mol. The summed E-state index contributed by atoms with van der Waals surface area (Å²) in [5.74, 6) is -14.3. The number of benzene rings is 3. The quantitative estimate of drug-likeness (QED) is 0.0160. The van der Waals surface area contributed by atoms with E-state index in [-0.39, 0.29) is 127 Å². The molecule has 0 aliphatic carbocycles. The second-order valence-electron chi connectivity index (χ2n) is 27.3. The van der Waals surface area contributed by atoms with E-state index in [9.17, 15) is 83.4 Å². The van der Waals surface area contributed by atoms with E-state index in [0.717, 1.165) is 4.90 Å². The normalized spacial score (nSPS) is 16.0. The van der Waals surface area contributed by atoms with E-state index < -0.39 is 164 Å². The average molecular weight is 1510 g/mol. The number of hydrogen-bond acceptors (Lipinski definition) is 20. The molecule has 108 heavy (non-hydrogen) atoms. The van der Waals surface area contributed by atoms with Gasteiger partial charge in [0.2, 0.25) is 47.3 Å². The van der Waals surface area contributed by atoms with Crippen LogP contribution in [0.4, 0.5) is 11.4 Å². The van der Waals surface area contributed by atoms with Gasteiger partial charge in [0, 0.05) is 58.5 Å². The van der Waals surface area contributed by atoms with E-state index in [1.165, 1.54) is 43.9 Å². The highest BCUT2D eigenvalue weighted by Gasteiger charge is 2.43. The lowest BCUT2D eigenvalue weighted by molar-refractivity contribution is -0.144. The number of nitrogens with zero attached hydrogens (tertiary/aromatic N) is 7. The Labute approximate surface area is 624 Å². The fraction of sp³-hybridized carbons (Fsp3) is 0.535. The minimum atomic E-state index is -1.54. The summed E-state index contributed by atoms with van der Waals surface area (Å²) in [5.41, 5.74) is 30.5. The number of carbonyl (C=O) groups excluding carboxylic acids is 8. The first-order chi connectivity index (χ1) is 51.1. The zero-order valence-corrected chi connectivity index (χ0v) is 61.2. The maximum atomic E-state index is 15.5. The number of carbonyl (C=O) groups is 13. The van der Waals surface area contributed by atoms with Crippen molar-refractivity contribution in [1.82, 2.24) is 56.4 Å². The van der Waals surface area contributed by atoms with Crippen molar-refractivity contribution < 1.29 is 93.0 Å². The van der Waals surface area contributed by atoms with Crippen molar-refractivity contribution in [2.24, 2.45) is 50.5 Å². The van der Waals surface area contributed by atoms with Crippen molar-refractivity contribution in [1.29, 1.82) is 0 Å². The second kappa shape index (κ2) is 43.5. The van der Waals surface area contributed by atoms with Gasteiger partial charge in [-0.05, 0) is 123 Å². The van der Waals surface area contributed by atoms with Crippen LogP contribution in [-0.2, 0) is 81.6 Å². The Morgan fingerprint density at radius 3 is 1.31 bits per heavy atom. The minimum absolute atomic E-state index is 0.000747. The van der Waals surface area contributed by atoms with Gasteiger partial charge in [-0.25, -0.2) is 14.8 Å². The van der Waals surface area contributed by atoms with Gasteiger partial charge in [-0.15, -0.1) is 0 Å². The number of nitrogens with two attached hydrogens (primary N) is 5. The van der Waals surface area contributed by atoms with E-state index >= 15 is 9.59 Å². The van der Waals surface area contributed by atoms with Crippen molar-refractivity contribution in [2.75, 3.05) is 78.5 Å². The Kier molecular flexibility index (Phi) is 35.3. The molecule has 5 rings (SSSR count). The number of aliphatic carboxylic acids is 5. The standard InChI is InChI=1S/C71H104N18O19/c1-5-42(4)61(66(104)83-53(69(107)108)32-41(2)3)84-63(101)51(34-45-17-23-48(90)24-18-45)81-65(103)55-12-9-27-89(55)68(106)52(35-44-15-21-47(22-16-44)78-71(75)76)82-62(100)50(33-43-13-19-46(20-14-43)77-70(73)74)80-64(102)54-11-8-26-88(54)67(105)49(10-6-7-25-72)79-56(91)36-86(38-58(94)95)30-28-85(37-57(92)93)29-31-87(39-59(96)97)40-60(98)99/h13-24,41-42,49-55,61,90H,5-12,25-40,72H2,1-4H3,(H,79,91)(H,80,102)(H,81,103)(H,82,100)(H,83,104)(H,84,101)(H,92,93)(H,94,95)(H,96,97)(H,98,99)(H,107,108)(H4,73,74,77)(H4,75,76,78)/t42-,49+,50-,51-,52-,53-,54-,55-,61-/m0/s1. The number of guanidine groups is 2. The lowest BCUT2D eigenvalue weighted by Crippen LogP contribution is -2.61. The number of unbranched alkanes of at least 4 members (excludes halogenated alkanes) is 1. The molecular weight excluding hydrogens is 1410 g/mol. The van der Waals surface area contributed by atoms with Crippen LogP contribution in [-0.4, -0.2) is 271 Å². The van der Waals surface area contributed by atoms with Gasteiger partial charge in [-0.1, -0.05) is 70.5 Å². The Hall–Kier alpha value is -11.0. The SMILES string of the molecule is CC[C@H](C)[C@H](NC(=O)[C@H](Cc1ccc(O)cc1)NC(=O)[C@@H]1CCCN1C(=O)[C@H](Cc1ccc(N=C(N)N)cc1)NC(=O)[C@H](Cc1ccc(N=C(N)N)cc1)NC(=O)[C@@H]1CCCN1C(=O)[C@@H](CCCCN)NC(=O)CN(CCN(CCN(CC(=O)O)CC(=O)O)CC(=O)O)CC(=O)O)C(=O)N[C@@H](CC(C)C)C(=O)O. The van der Waals surface area contributed by atoms with Crippen LogP contribution >= 0.6 is 0 Å². The topological polar surface area (TPSA) is 586 Å². The van der Waals surface area contributed by atoms with Gasteiger partial charge in [0.15, 0.2) is 11.9 Å². The van der Waals surface area contributed by atoms with E-state index in [1.807, 2.05) is 0 Å². The van der Waals surface area contributed by atoms with E-state index in [2.05, 4.69) is 41.9 Å². The Balaban J connectivity index is 1.47. The number of hydrogen-bond donors (Lipinski definition) is 17. The maximum absolute atomic E-state index is 15.5. The van der Waals surface area contributed by atoms with Gasteiger partial charge in [0.05, 0.1) is 44.1 Å². The molecule has 0 spiro atoms. The molecule has 592 valence electrons. The summed E-state index contributed by atoms with van der Waals surface area (Å²) in [5, 5.41) is 74.8. The molecule has 3 aromatic carbocycles. The highest BCUT2D eigenvalue weighted by molar-refractivity contribution is 5.99. The van der Waals surface area contributed by atoms with E-state index in [1.54, 1.807) is 76.2 Å². The Morgan fingerprint density at radius 2 is 0.889 bits per heavy atom. The van der Waals surface area contributed by atoms with Crippen molar-refractivity contribution in [2.45, 2.75) is 153 Å². The molecule has 2 aliphatic rings. The third kappa shape index (κ3) is 29.7. The Morgan fingerprint density at radius 1 is 0.491 bits per heavy atom. The van der Waals surface area contributed by atoms with Gasteiger partial charge in [-0.3, -0.25) is 72.2 Å². The third-order valence-electron chi connectivity index (χ3n) is 18.2. The van der Waals surface area contributed by atoms with Crippen LogP contribution in [0.3, 0.4) is 0 Å². The van der Waals surface area contributed by atoms with E-state index in [0.29, 0.717) is 47.3 Å². The molecular formula is C71H104N18O19. The lowest BCUT2D eigenvalue weighted by Gasteiger charge is -2.32. The molecule has 0 saturated carbocycles. The van der Waals surface area contributed by atoms with Crippen LogP contribution in [0.15, 0.2) is 82.8 Å². The van der Waals surface area contributed by atoms with Gasteiger partial charge in [0.25, 0.3) is 0 Å². The summed E-state index contributed by atoms with van der Waals surface area (Å²) in [7, 11) is 0. The first kappa shape index (κ1) is 87.6. The van der Waals surface area contributed by atoms with Crippen LogP contribution in [0.2, 0.25) is 0 Å². The molecule has 0 bridgehead atoms. The first-order valence-electron chi connectivity index (χ1n) is 35.7. The largest absolute Gasteiger partial charge is 0.508 e. The molecule has 2 aliphatic heterocycles. The molecule has 0 unspecified atom stereocenters. The molecule has 0 radical (unpaired) electrons.